The standard InChI is InChI=1S/C13H16ClN3O6/c14-9-3-2-8(17(22)23)6-10(9)16-12(19)7-11(13(20)21)15-4-1-5-18/h2-3,6,11,15,18H,1,4-5,7H2,(H,16,19)(H,20,21). The highest BCUT2D eigenvalue weighted by atomic mass is 35.5. The summed E-state index contributed by atoms with van der Waals surface area (Å²) in [6.45, 7) is 0.132. The van der Waals surface area contributed by atoms with Crippen molar-refractivity contribution in [2.75, 3.05) is 18.5 Å². The summed E-state index contributed by atoms with van der Waals surface area (Å²) in [5.41, 5.74) is -0.217. The second-order valence-corrected chi connectivity index (χ2v) is 5.00. The number of amides is 1. The van der Waals surface area contributed by atoms with Crippen LogP contribution in [0.4, 0.5) is 11.4 Å². The number of non-ortho nitro benzene ring substituents is 1. The van der Waals surface area contributed by atoms with E-state index in [1.807, 2.05) is 0 Å². The maximum atomic E-state index is 11.9. The largest absolute Gasteiger partial charge is 0.480 e. The topological polar surface area (TPSA) is 142 Å². The van der Waals surface area contributed by atoms with Gasteiger partial charge in [0.1, 0.15) is 6.04 Å². The lowest BCUT2D eigenvalue weighted by Crippen LogP contribution is -2.40. The van der Waals surface area contributed by atoms with E-state index in [2.05, 4.69) is 10.6 Å². The van der Waals surface area contributed by atoms with Crippen molar-refractivity contribution in [1.82, 2.24) is 5.32 Å². The van der Waals surface area contributed by atoms with Gasteiger partial charge in [-0.25, -0.2) is 0 Å². The van der Waals surface area contributed by atoms with Crippen LogP contribution in [-0.2, 0) is 9.59 Å². The van der Waals surface area contributed by atoms with E-state index in [1.54, 1.807) is 0 Å². The molecule has 4 N–H and O–H groups in total. The van der Waals surface area contributed by atoms with Gasteiger partial charge in [-0.15, -0.1) is 0 Å². The first-order valence-electron chi connectivity index (χ1n) is 6.66. The van der Waals surface area contributed by atoms with Gasteiger partial charge in [0.15, 0.2) is 0 Å². The molecule has 9 nitrogen and oxygen atoms in total. The molecule has 1 unspecified atom stereocenters. The van der Waals surface area contributed by atoms with E-state index < -0.39 is 22.8 Å². The Morgan fingerprint density at radius 1 is 1.39 bits per heavy atom. The minimum absolute atomic E-state index is 0.0327. The van der Waals surface area contributed by atoms with Crippen LogP contribution in [0.15, 0.2) is 18.2 Å². The second kappa shape index (κ2) is 9.03. The maximum Gasteiger partial charge on any atom is 0.321 e. The van der Waals surface area contributed by atoms with Crippen LogP contribution >= 0.6 is 11.6 Å². The van der Waals surface area contributed by atoms with Crippen LogP contribution in [-0.4, -0.2) is 46.2 Å². The predicted molar refractivity (Wildman–Crippen MR) is 82.5 cm³/mol. The fraction of sp³-hybridized carbons (Fsp3) is 0.385. The number of rotatable bonds is 9. The predicted octanol–water partition coefficient (Wildman–Crippen LogP) is 1.00. The summed E-state index contributed by atoms with van der Waals surface area (Å²) >= 11 is 5.85. The molecule has 0 aliphatic rings. The van der Waals surface area contributed by atoms with Crippen LogP contribution < -0.4 is 10.6 Å². The number of nitro benzene ring substituents is 1. The van der Waals surface area contributed by atoms with Crippen LogP contribution in [0.2, 0.25) is 5.02 Å². The summed E-state index contributed by atoms with van der Waals surface area (Å²) < 4.78 is 0. The molecule has 23 heavy (non-hydrogen) atoms. The average molecular weight is 346 g/mol. The number of anilines is 1. The van der Waals surface area contributed by atoms with Gasteiger partial charge in [0.25, 0.3) is 5.69 Å². The highest BCUT2D eigenvalue weighted by molar-refractivity contribution is 6.33. The van der Waals surface area contributed by atoms with E-state index in [-0.39, 0.29) is 36.0 Å². The molecule has 0 aliphatic heterocycles. The van der Waals surface area contributed by atoms with Gasteiger partial charge in [0.05, 0.1) is 22.1 Å². The van der Waals surface area contributed by atoms with E-state index in [1.165, 1.54) is 12.1 Å². The highest BCUT2D eigenvalue weighted by Gasteiger charge is 2.21. The van der Waals surface area contributed by atoms with Gasteiger partial charge in [-0.2, -0.15) is 0 Å². The lowest BCUT2D eigenvalue weighted by atomic mass is 10.2. The van der Waals surface area contributed by atoms with Crippen molar-refractivity contribution in [2.45, 2.75) is 18.9 Å². The quantitative estimate of drug-likeness (QED) is 0.297. The van der Waals surface area contributed by atoms with Gasteiger partial charge in [-0.3, -0.25) is 19.7 Å². The molecule has 0 bridgehead atoms. The van der Waals surface area contributed by atoms with Crippen LogP contribution in [0.5, 0.6) is 0 Å². The molecule has 0 saturated carbocycles. The fourth-order valence-electron chi connectivity index (χ4n) is 1.71. The van der Waals surface area contributed by atoms with E-state index >= 15 is 0 Å². The highest BCUT2D eigenvalue weighted by Crippen LogP contribution is 2.26. The van der Waals surface area contributed by atoms with Crippen molar-refractivity contribution in [3.63, 3.8) is 0 Å². The Labute approximate surface area is 136 Å². The molecule has 1 rings (SSSR count). The molecular formula is C13H16ClN3O6. The number of aliphatic hydroxyl groups is 1. The fourth-order valence-corrected chi connectivity index (χ4v) is 1.88. The Morgan fingerprint density at radius 3 is 2.65 bits per heavy atom. The Hall–Kier alpha value is -2.23. The Balaban J connectivity index is 2.72. The lowest BCUT2D eigenvalue weighted by Gasteiger charge is -2.14. The molecule has 0 saturated heterocycles. The molecule has 0 aromatic heterocycles. The third kappa shape index (κ3) is 6.19. The number of carboxylic acid groups (broad SMARTS) is 1. The molecule has 126 valence electrons. The number of hydrogen-bond acceptors (Lipinski definition) is 6. The number of carbonyl (C=O) groups is 2. The first-order valence-corrected chi connectivity index (χ1v) is 7.03. The second-order valence-electron chi connectivity index (χ2n) is 4.60. The molecule has 0 spiro atoms. The van der Waals surface area contributed by atoms with Crippen LogP contribution in [0.25, 0.3) is 0 Å². The number of aliphatic carboxylic acids is 1. The number of nitrogens with zero attached hydrogens (tertiary/aromatic N) is 1. The first kappa shape index (κ1) is 18.8. The van der Waals surface area contributed by atoms with Gasteiger partial charge >= 0.3 is 5.97 Å². The summed E-state index contributed by atoms with van der Waals surface area (Å²) in [4.78, 5) is 33.0. The van der Waals surface area contributed by atoms with Crippen molar-refractivity contribution >= 4 is 34.9 Å². The van der Waals surface area contributed by atoms with Gasteiger partial charge in [-0.1, -0.05) is 11.6 Å². The van der Waals surface area contributed by atoms with Crippen molar-refractivity contribution in [3.8, 4) is 0 Å². The third-order valence-electron chi connectivity index (χ3n) is 2.85. The Kier molecular flexibility index (Phi) is 7.39. The molecule has 0 radical (unpaired) electrons. The number of halogens is 1. The molecule has 0 heterocycles. The number of nitrogens with one attached hydrogen (secondary N) is 2. The molecule has 10 heteroatoms. The number of hydrogen-bond donors (Lipinski definition) is 4. The van der Waals surface area contributed by atoms with Crippen LogP contribution in [0.1, 0.15) is 12.8 Å². The van der Waals surface area contributed by atoms with E-state index in [9.17, 15) is 19.7 Å². The monoisotopic (exact) mass is 345 g/mol. The molecule has 1 aromatic carbocycles. The Bertz CT molecular complexity index is 595. The van der Waals surface area contributed by atoms with E-state index in [0.29, 0.717) is 6.42 Å². The van der Waals surface area contributed by atoms with E-state index in [0.717, 1.165) is 6.07 Å². The van der Waals surface area contributed by atoms with Crippen LogP contribution in [0, 0.1) is 10.1 Å². The SMILES string of the molecule is O=C(CC(NCCCO)C(=O)O)Nc1cc([N+](=O)[O-])ccc1Cl. The zero-order chi connectivity index (χ0) is 17.4. The van der Waals surface area contributed by atoms with Crippen molar-refractivity contribution in [2.24, 2.45) is 0 Å². The summed E-state index contributed by atoms with van der Waals surface area (Å²) in [7, 11) is 0. The number of nitro groups is 1. The molecular weight excluding hydrogens is 330 g/mol. The van der Waals surface area contributed by atoms with Crippen LogP contribution in [0.3, 0.4) is 0 Å². The third-order valence-corrected chi connectivity index (χ3v) is 3.18. The van der Waals surface area contributed by atoms with Crippen molar-refractivity contribution in [1.29, 1.82) is 0 Å². The first-order chi connectivity index (χ1) is 10.8. The molecule has 0 fully saturated rings. The minimum atomic E-state index is -1.22. The van der Waals surface area contributed by atoms with Gasteiger partial charge in [-0.05, 0) is 19.0 Å². The normalized spacial score (nSPS) is 11.7. The zero-order valence-corrected chi connectivity index (χ0v) is 12.7. The Morgan fingerprint density at radius 2 is 2.09 bits per heavy atom. The number of benzene rings is 1. The van der Waals surface area contributed by atoms with E-state index in [4.69, 9.17) is 21.8 Å². The summed E-state index contributed by atoms with van der Waals surface area (Å²) in [5, 5.41) is 33.5. The van der Waals surface area contributed by atoms with Crippen molar-refractivity contribution < 1.29 is 24.7 Å². The lowest BCUT2D eigenvalue weighted by molar-refractivity contribution is -0.384. The number of carbonyl (C=O) groups excluding carboxylic acids is 1. The van der Waals surface area contributed by atoms with Gasteiger partial charge in [0, 0.05) is 18.7 Å². The zero-order valence-electron chi connectivity index (χ0n) is 12.0. The van der Waals surface area contributed by atoms with Gasteiger partial charge < -0.3 is 20.8 Å². The molecule has 1 aromatic rings. The summed E-state index contributed by atoms with van der Waals surface area (Å²) in [5.74, 6) is -1.88. The maximum absolute atomic E-state index is 11.9. The minimum Gasteiger partial charge on any atom is -0.480 e. The number of carboxylic acids is 1. The molecule has 1 atom stereocenters. The molecule has 1 amide bonds. The van der Waals surface area contributed by atoms with Crippen molar-refractivity contribution in [3.05, 3.63) is 33.3 Å². The summed E-state index contributed by atoms with van der Waals surface area (Å²) in [6, 6.07) is 2.41. The molecule has 0 aliphatic carbocycles. The average Bonchev–Trinajstić information content (AvgIpc) is 2.48. The summed E-state index contributed by atoms with van der Waals surface area (Å²) in [6.07, 6.45) is -0.0398. The van der Waals surface area contributed by atoms with Gasteiger partial charge in [0.2, 0.25) is 5.91 Å². The number of aliphatic hydroxyl groups excluding tert-OH is 1. The smallest absolute Gasteiger partial charge is 0.321 e.